The second kappa shape index (κ2) is 3.38. The van der Waals surface area contributed by atoms with Gasteiger partial charge < -0.3 is 5.73 Å². The normalized spacial score (nSPS) is 10.4. The summed E-state index contributed by atoms with van der Waals surface area (Å²) in [6, 6.07) is 4.65. The van der Waals surface area contributed by atoms with E-state index in [1.165, 1.54) is 23.5 Å². The lowest BCUT2D eigenvalue weighted by Gasteiger charge is -2.00. The molecule has 2 N–H and O–H groups in total. The van der Waals surface area contributed by atoms with Crippen molar-refractivity contribution in [3.63, 3.8) is 0 Å². The summed E-state index contributed by atoms with van der Waals surface area (Å²) < 4.78 is 12.8. The average molecular weight is 208 g/mol. The van der Waals surface area contributed by atoms with Crippen molar-refractivity contribution >= 4 is 16.3 Å². The van der Waals surface area contributed by atoms with Crippen LogP contribution in [-0.4, -0.2) is 4.98 Å². The van der Waals surface area contributed by atoms with E-state index in [9.17, 15) is 4.39 Å². The fraction of sp³-hybridized carbons (Fsp3) is 0.100. The molecule has 0 aliphatic rings. The van der Waals surface area contributed by atoms with Crippen molar-refractivity contribution < 1.29 is 4.39 Å². The van der Waals surface area contributed by atoms with Crippen molar-refractivity contribution in [2.45, 2.75) is 6.92 Å². The summed E-state index contributed by atoms with van der Waals surface area (Å²) in [5.41, 5.74) is 7.39. The van der Waals surface area contributed by atoms with Crippen molar-refractivity contribution in [1.29, 1.82) is 0 Å². The summed E-state index contributed by atoms with van der Waals surface area (Å²) in [4.78, 5) is 4.15. The number of nitrogen functional groups attached to an aromatic ring is 1. The molecule has 0 atom stereocenters. The topological polar surface area (TPSA) is 38.9 Å². The van der Waals surface area contributed by atoms with Gasteiger partial charge >= 0.3 is 0 Å². The van der Waals surface area contributed by atoms with Crippen molar-refractivity contribution in [2.24, 2.45) is 0 Å². The van der Waals surface area contributed by atoms with Crippen molar-refractivity contribution in [1.82, 2.24) is 4.98 Å². The second-order valence-electron chi connectivity index (χ2n) is 3.03. The molecule has 1 aromatic carbocycles. The summed E-state index contributed by atoms with van der Waals surface area (Å²) >= 11 is 1.41. The first-order valence-electron chi connectivity index (χ1n) is 4.14. The third kappa shape index (κ3) is 1.61. The number of rotatable bonds is 1. The van der Waals surface area contributed by atoms with Crippen LogP contribution < -0.4 is 5.73 Å². The zero-order chi connectivity index (χ0) is 10.1. The Labute approximate surface area is 85.2 Å². The van der Waals surface area contributed by atoms with Crippen LogP contribution in [0.5, 0.6) is 0 Å². The lowest BCUT2D eigenvalue weighted by Crippen LogP contribution is -1.83. The van der Waals surface area contributed by atoms with Crippen LogP contribution in [0.3, 0.4) is 0 Å². The molecular weight excluding hydrogens is 199 g/mol. The molecule has 1 heterocycles. The summed E-state index contributed by atoms with van der Waals surface area (Å²) in [5, 5.41) is 1.50. The summed E-state index contributed by atoms with van der Waals surface area (Å²) in [6.45, 7) is 1.86. The monoisotopic (exact) mass is 208 g/mol. The molecule has 72 valence electrons. The molecule has 0 fully saturated rings. The molecule has 0 saturated heterocycles. The smallest absolute Gasteiger partial charge is 0.125 e. The van der Waals surface area contributed by atoms with Gasteiger partial charge in [-0.05, 0) is 30.7 Å². The highest BCUT2D eigenvalue weighted by Gasteiger charge is 2.06. The number of halogens is 1. The van der Waals surface area contributed by atoms with E-state index in [2.05, 4.69) is 4.98 Å². The Hall–Kier alpha value is -1.42. The van der Waals surface area contributed by atoms with Gasteiger partial charge in [-0.2, -0.15) is 0 Å². The number of hydrogen-bond acceptors (Lipinski definition) is 3. The molecule has 0 saturated carbocycles. The lowest BCUT2D eigenvalue weighted by atomic mass is 10.1. The van der Waals surface area contributed by atoms with Crippen molar-refractivity contribution in [2.75, 3.05) is 5.73 Å². The molecule has 0 spiro atoms. The van der Waals surface area contributed by atoms with Gasteiger partial charge in [-0.1, -0.05) is 11.3 Å². The number of nitrogens with zero attached hydrogens (tertiary/aromatic N) is 1. The van der Waals surface area contributed by atoms with Crippen LogP contribution in [0.4, 0.5) is 9.39 Å². The number of hydrogen-bond donors (Lipinski definition) is 1. The van der Waals surface area contributed by atoms with E-state index in [4.69, 9.17) is 5.73 Å². The predicted octanol–water partition coefficient (Wildman–Crippen LogP) is 2.84. The molecule has 1 aromatic heterocycles. The maximum atomic E-state index is 12.8. The van der Waals surface area contributed by atoms with Crippen LogP contribution in [0.25, 0.3) is 10.6 Å². The minimum absolute atomic E-state index is 0.226. The summed E-state index contributed by atoms with van der Waals surface area (Å²) in [7, 11) is 0. The van der Waals surface area contributed by atoms with Gasteiger partial charge in [0.25, 0.3) is 0 Å². The standard InChI is InChI=1S/C10H9FN2S/c1-6-4-7(11)2-3-8(6)10-13-5-9(12)14-10/h2-5H,12H2,1H3. The zero-order valence-electron chi connectivity index (χ0n) is 7.62. The van der Waals surface area contributed by atoms with E-state index >= 15 is 0 Å². The Morgan fingerprint density at radius 3 is 2.79 bits per heavy atom. The first kappa shape index (κ1) is 9.15. The SMILES string of the molecule is Cc1cc(F)ccc1-c1ncc(N)s1. The van der Waals surface area contributed by atoms with Gasteiger partial charge in [0.2, 0.25) is 0 Å². The van der Waals surface area contributed by atoms with Gasteiger partial charge in [-0.25, -0.2) is 9.37 Å². The summed E-state index contributed by atoms with van der Waals surface area (Å²) in [6.07, 6.45) is 1.61. The molecule has 0 bridgehead atoms. The van der Waals surface area contributed by atoms with E-state index in [0.717, 1.165) is 16.1 Å². The van der Waals surface area contributed by atoms with E-state index in [1.54, 1.807) is 12.3 Å². The molecule has 0 aliphatic carbocycles. The number of anilines is 1. The molecule has 2 nitrogen and oxygen atoms in total. The number of aromatic nitrogens is 1. The van der Waals surface area contributed by atoms with Gasteiger partial charge in [0.15, 0.2) is 0 Å². The minimum Gasteiger partial charge on any atom is -0.389 e. The molecule has 2 rings (SSSR count). The lowest BCUT2D eigenvalue weighted by molar-refractivity contribution is 0.627. The molecule has 0 radical (unpaired) electrons. The zero-order valence-corrected chi connectivity index (χ0v) is 8.44. The average Bonchev–Trinajstić information content (AvgIpc) is 2.51. The second-order valence-corrected chi connectivity index (χ2v) is 4.09. The fourth-order valence-corrected chi connectivity index (χ4v) is 2.05. The quantitative estimate of drug-likeness (QED) is 0.782. The largest absolute Gasteiger partial charge is 0.389 e. The first-order valence-corrected chi connectivity index (χ1v) is 4.96. The Balaban J connectivity index is 2.52. The van der Waals surface area contributed by atoms with Gasteiger partial charge in [0, 0.05) is 5.56 Å². The van der Waals surface area contributed by atoms with E-state index < -0.39 is 0 Å². The van der Waals surface area contributed by atoms with E-state index in [1.807, 2.05) is 6.92 Å². The third-order valence-electron chi connectivity index (χ3n) is 1.94. The number of nitrogens with two attached hydrogens (primary N) is 1. The Morgan fingerprint density at radius 2 is 2.21 bits per heavy atom. The Bertz CT molecular complexity index is 465. The van der Waals surface area contributed by atoms with Gasteiger partial charge in [-0.15, -0.1) is 0 Å². The molecule has 2 aromatic rings. The van der Waals surface area contributed by atoms with Crippen LogP contribution in [0.1, 0.15) is 5.56 Å². The fourth-order valence-electron chi connectivity index (χ4n) is 1.28. The molecule has 0 aliphatic heterocycles. The van der Waals surface area contributed by atoms with Crippen LogP contribution >= 0.6 is 11.3 Å². The third-order valence-corrected chi connectivity index (χ3v) is 2.80. The highest BCUT2D eigenvalue weighted by atomic mass is 32.1. The van der Waals surface area contributed by atoms with Gasteiger partial charge in [0.05, 0.1) is 6.20 Å². The highest BCUT2D eigenvalue weighted by Crippen LogP contribution is 2.29. The van der Waals surface area contributed by atoms with Gasteiger partial charge in [-0.3, -0.25) is 0 Å². The molecule has 0 unspecified atom stereocenters. The van der Waals surface area contributed by atoms with Crippen LogP contribution in [0.2, 0.25) is 0 Å². The number of benzene rings is 1. The maximum Gasteiger partial charge on any atom is 0.125 e. The van der Waals surface area contributed by atoms with Crippen LogP contribution in [0.15, 0.2) is 24.4 Å². The number of aryl methyl sites for hydroxylation is 1. The van der Waals surface area contributed by atoms with Crippen LogP contribution in [0, 0.1) is 12.7 Å². The Kier molecular flexibility index (Phi) is 2.21. The minimum atomic E-state index is -0.226. The van der Waals surface area contributed by atoms with E-state index in [0.29, 0.717) is 5.00 Å². The maximum absolute atomic E-state index is 12.8. The molecule has 14 heavy (non-hydrogen) atoms. The Morgan fingerprint density at radius 1 is 1.43 bits per heavy atom. The van der Waals surface area contributed by atoms with E-state index in [-0.39, 0.29) is 5.82 Å². The summed E-state index contributed by atoms with van der Waals surface area (Å²) in [5.74, 6) is -0.226. The molecule has 4 heteroatoms. The first-order chi connectivity index (χ1) is 6.66. The predicted molar refractivity (Wildman–Crippen MR) is 56.7 cm³/mol. The molecular formula is C10H9FN2S. The van der Waals surface area contributed by atoms with Crippen LogP contribution in [-0.2, 0) is 0 Å². The van der Waals surface area contributed by atoms with Gasteiger partial charge in [0.1, 0.15) is 15.8 Å². The highest BCUT2D eigenvalue weighted by molar-refractivity contribution is 7.18. The number of thiazole rings is 1. The molecule has 0 amide bonds. The van der Waals surface area contributed by atoms with Crippen molar-refractivity contribution in [3.05, 3.63) is 35.8 Å². The van der Waals surface area contributed by atoms with Crippen molar-refractivity contribution in [3.8, 4) is 10.6 Å².